The van der Waals surface area contributed by atoms with Crippen molar-refractivity contribution in [2.75, 3.05) is 25.4 Å². The maximum Gasteiger partial charge on any atom is 0.232 e. The standard InChI is InChI=1S/C23H24FN5O2/c1-23(2,16-5-3-6-17(24)11-16)21(30)29-9-10-31-20(14-29)19-8-4-7-18(28-19)15-12-26-22(25)27-13-15/h3-8,11-13,20H,9-10,14H2,1-2H3,(H2,25,26,27). The van der Waals surface area contributed by atoms with Crippen molar-refractivity contribution in [2.45, 2.75) is 25.4 Å². The Bertz CT molecular complexity index is 1090. The van der Waals surface area contributed by atoms with E-state index in [-0.39, 0.29) is 23.8 Å². The Morgan fingerprint density at radius 2 is 1.94 bits per heavy atom. The lowest BCUT2D eigenvalue weighted by Gasteiger charge is -2.37. The van der Waals surface area contributed by atoms with E-state index in [1.54, 1.807) is 29.4 Å². The summed E-state index contributed by atoms with van der Waals surface area (Å²) in [5.41, 5.74) is 7.50. The van der Waals surface area contributed by atoms with Crippen LogP contribution in [-0.4, -0.2) is 45.5 Å². The van der Waals surface area contributed by atoms with E-state index in [2.05, 4.69) is 15.0 Å². The molecular formula is C23H24FN5O2. The molecule has 4 rings (SSSR count). The Morgan fingerprint density at radius 1 is 1.19 bits per heavy atom. The molecule has 0 saturated carbocycles. The molecule has 1 aromatic carbocycles. The molecule has 0 bridgehead atoms. The van der Waals surface area contributed by atoms with Gasteiger partial charge in [0.25, 0.3) is 0 Å². The van der Waals surface area contributed by atoms with Gasteiger partial charge in [0.1, 0.15) is 11.9 Å². The number of carbonyl (C=O) groups is 1. The fraction of sp³-hybridized carbons (Fsp3) is 0.304. The second-order valence-corrected chi connectivity index (χ2v) is 8.02. The molecule has 1 unspecified atom stereocenters. The predicted molar refractivity (Wildman–Crippen MR) is 114 cm³/mol. The fourth-order valence-electron chi connectivity index (χ4n) is 3.67. The third-order valence-electron chi connectivity index (χ3n) is 5.50. The number of rotatable bonds is 4. The summed E-state index contributed by atoms with van der Waals surface area (Å²) < 4.78 is 19.6. The molecule has 2 N–H and O–H groups in total. The second-order valence-electron chi connectivity index (χ2n) is 8.02. The van der Waals surface area contributed by atoms with Gasteiger partial charge in [-0.1, -0.05) is 18.2 Å². The fourth-order valence-corrected chi connectivity index (χ4v) is 3.67. The third kappa shape index (κ3) is 4.39. The smallest absolute Gasteiger partial charge is 0.232 e. The Labute approximate surface area is 180 Å². The number of anilines is 1. The first-order chi connectivity index (χ1) is 14.8. The van der Waals surface area contributed by atoms with Crippen molar-refractivity contribution in [2.24, 2.45) is 0 Å². The number of halogens is 1. The molecule has 1 fully saturated rings. The monoisotopic (exact) mass is 421 g/mol. The van der Waals surface area contributed by atoms with Crippen molar-refractivity contribution in [3.05, 3.63) is 71.9 Å². The van der Waals surface area contributed by atoms with E-state index in [9.17, 15) is 9.18 Å². The Kier molecular flexibility index (Phi) is 5.65. The maximum atomic E-state index is 13.7. The number of carbonyl (C=O) groups excluding carboxylic acids is 1. The maximum absolute atomic E-state index is 13.7. The molecular weight excluding hydrogens is 397 g/mol. The molecule has 0 radical (unpaired) electrons. The van der Waals surface area contributed by atoms with Crippen LogP contribution >= 0.6 is 0 Å². The van der Waals surface area contributed by atoms with Crippen molar-refractivity contribution in [3.8, 4) is 11.3 Å². The van der Waals surface area contributed by atoms with Crippen molar-refractivity contribution in [1.82, 2.24) is 19.9 Å². The van der Waals surface area contributed by atoms with Crippen LogP contribution < -0.4 is 5.73 Å². The highest BCUT2D eigenvalue weighted by Crippen LogP contribution is 2.30. The second kappa shape index (κ2) is 8.39. The summed E-state index contributed by atoms with van der Waals surface area (Å²) in [6, 6.07) is 11.8. The number of hydrogen-bond donors (Lipinski definition) is 1. The van der Waals surface area contributed by atoms with Gasteiger partial charge in [0.05, 0.1) is 30.0 Å². The van der Waals surface area contributed by atoms with E-state index in [4.69, 9.17) is 10.5 Å². The quantitative estimate of drug-likeness (QED) is 0.696. The summed E-state index contributed by atoms with van der Waals surface area (Å²) in [7, 11) is 0. The van der Waals surface area contributed by atoms with Gasteiger partial charge in [-0.3, -0.25) is 4.79 Å². The van der Waals surface area contributed by atoms with Crippen molar-refractivity contribution >= 4 is 11.9 Å². The molecule has 1 aliphatic heterocycles. The molecule has 0 aliphatic carbocycles. The van der Waals surface area contributed by atoms with E-state index >= 15 is 0 Å². The number of morpholine rings is 1. The molecule has 1 saturated heterocycles. The van der Waals surface area contributed by atoms with Gasteiger partial charge in [0, 0.05) is 24.5 Å². The van der Waals surface area contributed by atoms with Gasteiger partial charge in [-0.05, 0) is 43.7 Å². The van der Waals surface area contributed by atoms with Crippen molar-refractivity contribution in [3.63, 3.8) is 0 Å². The van der Waals surface area contributed by atoms with E-state index in [0.29, 0.717) is 31.0 Å². The summed E-state index contributed by atoms with van der Waals surface area (Å²) in [6.07, 6.45) is 2.87. The first-order valence-electron chi connectivity index (χ1n) is 10.1. The molecule has 3 heterocycles. The molecule has 1 aliphatic rings. The van der Waals surface area contributed by atoms with Crippen molar-refractivity contribution < 1.29 is 13.9 Å². The average molecular weight is 421 g/mol. The van der Waals surface area contributed by atoms with Gasteiger partial charge in [0.2, 0.25) is 11.9 Å². The van der Waals surface area contributed by atoms with Crippen LogP contribution in [0.4, 0.5) is 10.3 Å². The SMILES string of the molecule is CC(C)(C(=O)N1CCOC(c2cccc(-c3cnc(N)nc3)n2)C1)c1cccc(F)c1. The third-order valence-corrected chi connectivity index (χ3v) is 5.50. The van der Waals surface area contributed by atoms with Crippen molar-refractivity contribution in [1.29, 1.82) is 0 Å². The predicted octanol–water partition coefficient (Wildman–Crippen LogP) is 3.14. The summed E-state index contributed by atoms with van der Waals surface area (Å²) in [4.78, 5) is 27.8. The van der Waals surface area contributed by atoms with Gasteiger partial charge in [0.15, 0.2) is 0 Å². The van der Waals surface area contributed by atoms with Crippen LogP contribution in [0.3, 0.4) is 0 Å². The number of aromatic nitrogens is 3. The summed E-state index contributed by atoms with van der Waals surface area (Å²) in [6.45, 7) is 4.86. The summed E-state index contributed by atoms with van der Waals surface area (Å²) >= 11 is 0. The van der Waals surface area contributed by atoms with Crippen LogP contribution in [0.1, 0.15) is 31.2 Å². The first-order valence-corrected chi connectivity index (χ1v) is 10.1. The normalized spacial score (nSPS) is 16.9. The molecule has 1 atom stereocenters. The zero-order chi connectivity index (χ0) is 22.0. The summed E-state index contributed by atoms with van der Waals surface area (Å²) in [5, 5.41) is 0. The highest BCUT2D eigenvalue weighted by atomic mass is 19.1. The zero-order valence-electron chi connectivity index (χ0n) is 17.5. The Morgan fingerprint density at radius 3 is 2.68 bits per heavy atom. The van der Waals surface area contributed by atoms with E-state index < -0.39 is 5.41 Å². The molecule has 3 aromatic rings. The largest absolute Gasteiger partial charge is 0.368 e. The number of hydrogen-bond acceptors (Lipinski definition) is 6. The van der Waals surface area contributed by atoms with Gasteiger partial charge >= 0.3 is 0 Å². The summed E-state index contributed by atoms with van der Waals surface area (Å²) in [5.74, 6) is -0.231. The lowest BCUT2D eigenvalue weighted by molar-refractivity contribution is -0.144. The van der Waals surface area contributed by atoms with Gasteiger partial charge < -0.3 is 15.4 Å². The molecule has 2 aromatic heterocycles. The molecule has 7 nitrogen and oxygen atoms in total. The minimum Gasteiger partial charge on any atom is -0.368 e. The number of nitrogens with zero attached hydrogens (tertiary/aromatic N) is 4. The number of nitrogens with two attached hydrogens (primary N) is 1. The molecule has 0 spiro atoms. The van der Waals surface area contributed by atoms with Crippen LogP contribution in [0.15, 0.2) is 54.9 Å². The number of pyridine rings is 1. The minimum absolute atomic E-state index is 0.0745. The van der Waals surface area contributed by atoms with E-state index in [1.165, 1.54) is 12.1 Å². The van der Waals surface area contributed by atoms with E-state index in [1.807, 2.05) is 32.0 Å². The lowest BCUT2D eigenvalue weighted by atomic mass is 9.83. The van der Waals surface area contributed by atoms with Gasteiger partial charge in [-0.15, -0.1) is 0 Å². The van der Waals surface area contributed by atoms with E-state index in [0.717, 1.165) is 11.3 Å². The highest BCUT2D eigenvalue weighted by Gasteiger charge is 2.37. The zero-order valence-corrected chi connectivity index (χ0v) is 17.5. The number of amides is 1. The minimum atomic E-state index is -0.861. The Hall–Kier alpha value is -3.39. The van der Waals surface area contributed by atoms with Crippen LogP contribution in [0.2, 0.25) is 0 Å². The van der Waals surface area contributed by atoms with Crippen LogP contribution in [0, 0.1) is 5.82 Å². The number of ether oxygens (including phenoxy) is 1. The topological polar surface area (TPSA) is 94.2 Å². The van der Waals surface area contributed by atoms with Gasteiger partial charge in [-0.2, -0.15) is 0 Å². The van der Waals surface area contributed by atoms with Gasteiger partial charge in [-0.25, -0.2) is 19.3 Å². The Balaban J connectivity index is 1.54. The van der Waals surface area contributed by atoms with Crippen LogP contribution in [-0.2, 0) is 14.9 Å². The van der Waals surface area contributed by atoms with Crippen LogP contribution in [0.5, 0.6) is 0 Å². The molecule has 1 amide bonds. The average Bonchev–Trinajstić information content (AvgIpc) is 2.79. The number of benzene rings is 1. The molecule has 31 heavy (non-hydrogen) atoms. The number of nitrogen functional groups attached to an aromatic ring is 1. The first kappa shape index (κ1) is 20.9. The van der Waals surface area contributed by atoms with Crippen LogP contribution in [0.25, 0.3) is 11.3 Å². The molecule has 8 heteroatoms. The molecule has 160 valence electrons. The lowest BCUT2D eigenvalue weighted by Crippen LogP contribution is -2.49. The highest BCUT2D eigenvalue weighted by molar-refractivity contribution is 5.87.